The van der Waals surface area contributed by atoms with E-state index >= 15 is 0 Å². The summed E-state index contributed by atoms with van der Waals surface area (Å²) in [7, 11) is 3.94. The normalized spacial score (nSPS) is 18.4. The van der Waals surface area contributed by atoms with Crippen molar-refractivity contribution >= 4 is 46.7 Å². The van der Waals surface area contributed by atoms with Crippen molar-refractivity contribution in [3.63, 3.8) is 0 Å². The summed E-state index contributed by atoms with van der Waals surface area (Å²) < 4.78 is 5.85. The average Bonchev–Trinajstić information content (AvgIpc) is 3.69. The van der Waals surface area contributed by atoms with E-state index in [1.54, 1.807) is 34.9 Å². The number of aryl methyl sites for hydroxylation is 1. The first-order valence-electron chi connectivity index (χ1n) is 16.5. The molecule has 5 heterocycles. The van der Waals surface area contributed by atoms with Gasteiger partial charge < -0.3 is 25.6 Å². The van der Waals surface area contributed by atoms with Gasteiger partial charge in [0.15, 0.2) is 0 Å². The van der Waals surface area contributed by atoms with E-state index in [0.717, 1.165) is 46.7 Å². The average molecular weight is 678 g/mol. The van der Waals surface area contributed by atoms with Gasteiger partial charge in [0, 0.05) is 84.6 Å². The van der Waals surface area contributed by atoms with Crippen LogP contribution in [0.15, 0.2) is 78.0 Å². The van der Waals surface area contributed by atoms with Crippen LogP contribution in [0.1, 0.15) is 51.7 Å². The standard InChI is InChI=1S/C37H39N7O4S/c1-42(2)33-14-10-24(20-40-33)29-12-9-25(21-39-29)35-41-30-11-8-23(19-32(30)49-35)5-4-17-48-18-16-43-34(45)15-13-31(37(43)47)44-22-27-26(36(44)46)6-3-7-28(27)38/h3,6-12,14,19-21,31,35,41H,4-5,13,15-18,22,38H2,1-2H3. The SMILES string of the molecule is CN(C)c1ccc(-c2ccc(C3Nc4ccc(CCCOCCN5C(=O)CCC(N6Cc7c(N)cccc7C6=O)C5=O)cc4S3)cn2)cn1. The monoisotopic (exact) mass is 677 g/mol. The highest BCUT2D eigenvalue weighted by molar-refractivity contribution is 8.00. The Morgan fingerprint density at radius 1 is 1.02 bits per heavy atom. The molecule has 1 saturated heterocycles. The van der Waals surface area contributed by atoms with Crippen molar-refractivity contribution < 1.29 is 19.1 Å². The van der Waals surface area contributed by atoms with E-state index in [9.17, 15) is 14.4 Å². The van der Waals surface area contributed by atoms with Crippen LogP contribution in [0.5, 0.6) is 0 Å². The number of hydrogen-bond acceptors (Lipinski definition) is 10. The molecule has 1 fully saturated rings. The third kappa shape index (κ3) is 6.70. The predicted molar refractivity (Wildman–Crippen MR) is 190 cm³/mol. The van der Waals surface area contributed by atoms with Gasteiger partial charge in [0.2, 0.25) is 5.91 Å². The number of amides is 3. The number of carbonyl (C=O) groups is 3. The van der Waals surface area contributed by atoms with Gasteiger partial charge in [0.1, 0.15) is 17.2 Å². The highest BCUT2D eigenvalue weighted by Crippen LogP contribution is 2.46. The van der Waals surface area contributed by atoms with Gasteiger partial charge in [-0.2, -0.15) is 0 Å². The highest BCUT2D eigenvalue weighted by atomic mass is 32.2. The fourth-order valence-corrected chi connectivity index (χ4v) is 7.72. The number of piperidine rings is 1. The number of benzene rings is 2. The van der Waals surface area contributed by atoms with Gasteiger partial charge in [-0.05, 0) is 67.3 Å². The molecule has 0 saturated carbocycles. The van der Waals surface area contributed by atoms with E-state index in [0.29, 0.717) is 24.3 Å². The maximum absolute atomic E-state index is 13.3. The number of nitrogen functional groups attached to an aromatic ring is 1. The van der Waals surface area contributed by atoms with Crippen molar-refractivity contribution in [1.29, 1.82) is 0 Å². The molecule has 2 atom stereocenters. The van der Waals surface area contributed by atoms with Gasteiger partial charge in [-0.15, -0.1) is 0 Å². The molecule has 12 heteroatoms. The molecule has 2 aromatic heterocycles. The second kappa shape index (κ2) is 13.9. The van der Waals surface area contributed by atoms with Crippen molar-refractivity contribution in [1.82, 2.24) is 19.8 Å². The molecule has 252 valence electrons. The second-order valence-corrected chi connectivity index (χ2v) is 13.9. The van der Waals surface area contributed by atoms with Crippen LogP contribution in [-0.2, 0) is 27.3 Å². The van der Waals surface area contributed by atoms with Gasteiger partial charge >= 0.3 is 0 Å². The summed E-state index contributed by atoms with van der Waals surface area (Å²) in [6, 6.07) is 19.2. The minimum atomic E-state index is -0.678. The first-order chi connectivity index (χ1) is 23.8. The van der Waals surface area contributed by atoms with Crippen molar-refractivity contribution in [2.75, 3.05) is 49.8 Å². The summed E-state index contributed by atoms with van der Waals surface area (Å²) >= 11 is 1.78. The largest absolute Gasteiger partial charge is 0.398 e. The molecule has 3 aliphatic heterocycles. The number of nitrogens with zero attached hydrogens (tertiary/aromatic N) is 5. The molecule has 0 spiro atoms. The molecule has 11 nitrogen and oxygen atoms in total. The molecule has 7 rings (SSSR count). The zero-order chi connectivity index (χ0) is 34.1. The Kier molecular flexibility index (Phi) is 9.24. The summed E-state index contributed by atoms with van der Waals surface area (Å²) in [5, 5.41) is 3.69. The topological polar surface area (TPSA) is 134 Å². The molecule has 3 aliphatic rings. The lowest BCUT2D eigenvalue weighted by molar-refractivity contribution is -0.153. The maximum atomic E-state index is 13.3. The molecule has 3 amide bonds. The van der Waals surface area contributed by atoms with Gasteiger partial charge in [-0.25, -0.2) is 4.98 Å². The number of pyridine rings is 2. The predicted octanol–water partition coefficient (Wildman–Crippen LogP) is 5.13. The van der Waals surface area contributed by atoms with Crippen LogP contribution in [0.25, 0.3) is 11.3 Å². The van der Waals surface area contributed by atoms with Gasteiger partial charge in [0.05, 0.1) is 18.8 Å². The van der Waals surface area contributed by atoms with Crippen LogP contribution in [0.3, 0.4) is 0 Å². The van der Waals surface area contributed by atoms with Crippen LogP contribution in [0.4, 0.5) is 17.2 Å². The molecule has 3 N–H and O–H groups in total. The van der Waals surface area contributed by atoms with Crippen LogP contribution in [0.2, 0.25) is 0 Å². The molecular formula is C37H39N7O4S. The number of likely N-dealkylation sites (tertiary alicyclic amines) is 1. The van der Waals surface area contributed by atoms with Crippen molar-refractivity contribution in [3.8, 4) is 11.3 Å². The number of aromatic nitrogens is 2. The number of carbonyl (C=O) groups excluding carboxylic acids is 3. The fraction of sp³-hybridized carbons (Fsp3) is 0.324. The van der Waals surface area contributed by atoms with Gasteiger partial charge in [-0.1, -0.05) is 30.0 Å². The Morgan fingerprint density at radius 2 is 1.90 bits per heavy atom. The molecular weight excluding hydrogens is 639 g/mol. The smallest absolute Gasteiger partial charge is 0.255 e. The minimum Gasteiger partial charge on any atom is -0.398 e. The molecule has 2 aromatic carbocycles. The number of rotatable bonds is 11. The minimum absolute atomic E-state index is 0.0845. The number of imide groups is 1. The number of fused-ring (bicyclic) bond motifs is 2. The second-order valence-electron chi connectivity index (χ2n) is 12.7. The fourth-order valence-electron chi connectivity index (χ4n) is 6.53. The Hall–Kier alpha value is -4.94. The van der Waals surface area contributed by atoms with E-state index in [4.69, 9.17) is 15.5 Å². The number of ether oxygens (including phenoxy) is 1. The van der Waals surface area contributed by atoms with E-state index in [2.05, 4.69) is 34.6 Å². The summed E-state index contributed by atoms with van der Waals surface area (Å²) in [6.07, 6.45) is 5.96. The van der Waals surface area contributed by atoms with E-state index < -0.39 is 6.04 Å². The first-order valence-corrected chi connectivity index (χ1v) is 17.4. The lowest BCUT2D eigenvalue weighted by Crippen LogP contribution is -2.55. The number of hydrogen-bond donors (Lipinski definition) is 2. The summed E-state index contributed by atoms with van der Waals surface area (Å²) in [5.41, 5.74) is 13.2. The van der Waals surface area contributed by atoms with Crippen molar-refractivity contribution in [2.24, 2.45) is 0 Å². The molecule has 0 bridgehead atoms. The Morgan fingerprint density at radius 3 is 2.65 bits per heavy atom. The quantitative estimate of drug-likeness (QED) is 0.125. The Balaban J connectivity index is 0.860. The first kappa shape index (κ1) is 32.6. The van der Waals surface area contributed by atoms with Gasteiger partial charge in [0.25, 0.3) is 11.8 Å². The third-order valence-corrected chi connectivity index (χ3v) is 10.5. The van der Waals surface area contributed by atoms with Crippen LogP contribution >= 0.6 is 11.8 Å². The lowest BCUT2D eigenvalue weighted by atomic mass is 10.0. The molecule has 4 aromatic rings. The van der Waals surface area contributed by atoms with Gasteiger partial charge in [-0.3, -0.25) is 24.3 Å². The zero-order valence-corrected chi connectivity index (χ0v) is 28.4. The molecule has 0 aliphatic carbocycles. The third-order valence-electron chi connectivity index (χ3n) is 9.27. The summed E-state index contributed by atoms with van der Waals surface area (Å²) in [5.74, 6) is 0.121. The summed E-state index contributed by atoms with van der Waals surface area (Å²) in [4.78, 5) is 54.2. The molecule has 49 heavy (non-hydrogen) atoms. The van der Waals surface area contributed by atoms with Crippen LogP contribution in [-0.4, -0.2) is 77.4 Å². The number of nitrogens with two attached hydrogens (primary N) is 1. The Bertz CT molecular complexity index is 1880. The molecule has 0 radical (unpaired) electrons. The zero-order valence-electron chi connectivity index (χ0n) is 27.6. The van der Waals surface area contributed by atoms with Crippen LogP contribution < -0.4 is 16.0 Å². The van der Waals surface area contributed by atoms with Crippen molar-refractivity contribution in [3.05, 3.63) is 95.3 Å². The summed E-state index contributed by atoms with van der Waals surface area (Å²) in [6.45, 7) is 1.21. The van der Waals surface area contributed by atoms with Crippen LogP contribution in [0, 0.1) is 0 Å². The molecule has 2 unspecified atom stereocenters. The number of anilines is 3. The van der Waals surface area contributed by atoms with E-state index in [1.165, 1.54) is 15.4 Å². The van der Waals surface area contributed by atoms with E-state index in [-0.39, 0.29) is 49.2 Å². The maximum Gasteiger partial charge on any atom is 0.255 e. The van der Waals surface area contributed by atoms with Crippen molar-refractivity contribution in [2.45, 2.75) is 48.5 Å². The highest BCUT2D eigenvalue weighted by Gasteiger charge is 2.42. The Labute approximate surface area is 289 Å². The number of nitrogens with one attached hydrogen (secondary N) is 1. The van der Waals surface area contributed by atoms with E-state index in [1.807, 2.05) is 49.6 Å². The lowest BCUT2D eigenvalue weighted by Gasteiger charge is -2.35. The number of thioether (sulfide) groups is 1.